The molecule has 4 rings (SSSR count). The molecule has 162 valence electrons. The lowest BCUT2D eigenvalue weighted by Gasteiger charge is -2.12. The van der Waals surface area contributed by atoms with Crippen molar-refractivity contribution < 1.29 is 13.6 Å². The number of aromatic amines is 1. The summed E-state index contributed by atoms with van der Waals surface area (Å²) >= 11 is 0. The highest BCUT2D eigenvalue weighted by Gasteiger charge is 2.22. The number of carbonyl (C=O) groups excluding carboxylic acids is 1. The minimum atomic E-state index is -0.790. The summed E-state index contributed by atoms with van der Waals surface area (Å²) in [5, 5.41) is 6.58. The van der Waals surface area contributed by atoms with Crippen molar-refractivity contribution in [3.05, 3.63) is 81.9 Å². The van der Waals surface area contributed by atoms with Crippen molar-refractivity contribution in [2.24, 2.45) is 7.05 Å². The number of nitrogens with zero attached hydrogens (tertiary/aromatic N) is 4. The maximum atomic E-state index is 13.9. The van der Waals surface area contributed by atoms with Gasteiger partial charge in [-0.25, -0.2) is 23.4 Å². The predicted octanol–water partition coefficient (Wildman–Crippen LogP) is 2.02. The highest BCUT2D eigenvalue weighted by Crippen LogP contribution is 2.28. The molecule has 4 N–H and O–H groups in total. The Morgan fingerprint density at radius 2 is 1.84 bits per heavy atom. The van der Waals surface area contributed by atoms with Crippen molar-refractivity contribution in [3.63, 3.8) is 0 Å². The molecule has 0 saturated heterocycles. The van der Waals surface area contributed by atoms with Gasteiger partial charge in [-0.05, 0) is 30.3 Å². The lowest BCUT2D eigenvalue weighted by atomic mass is 10.1. The molecule has 4 aromatic rings. The Bertz CT molecular complexity index is 1350. The molecule has 0 aliphatic rings. The molecule has 3 heterocycles. The van der Waals surface area contributed by atoms with Gasteiger partial charge in [0.05, 0.1) is 5.69 Å². The maximum Gasteiger partial charge on any atom is 0.274 e. The van der Waals surface area contributed by atoms with E-state index in [1.54, 1.807) is 18.3 Å². The van der Waals surface area contributed by atoms with Gasteiger partial charge in [0, 0.05) is 31.4 Å². The number of nitrogens with one attached hydrogen (secondary N) is 2. The molecule has 3 aromatic heterocycles. The first-order valence-corrected chi connectivity index (χ1v) is 9.42. The van der Waals surface area contributed by atoms with Gasteiger partial charge in [0.25, 0.3) is 11.5 Å². The zero-order valence-corrected chi connectivity index (χ0v) is 16.8. The summed E-state index contributed by atoms with van der Waals surface area (Å²) in [5.41, 5.74) is 6.46. The van der Waals surface area contributed by atoms with Crippen LogP contribution < -0.4 is 16.6 Å². The second kappa shape index (κ2) is 8.38. The lowest BCUT2D eigenvalue weighted by Crippen LogP contribution is -2.27. The molecule has 11 heteroatoms. The van der Waals surface area contributed by atoms with Gasteiger partial charge in [-0.15, -0.1) is 0 Å². The molecular weight excluding hydrogens is 420 g/mol. The van der Waals surface area contributed by atoms with Crippen LogP contribution in [0, 0.1) is 11.6 Å². The van der Waals surface area contributed by atoms with Crippen molar-refractivity contribution in [3.8, 4) is 22.8 Å². The van der Waals surface area contributed by atoms with Crippen LogP contribution in [-0.4, -0.2) is 30.6 Å². The maximum absolute atomic E-state index is 13.9. The molecule has 9 nitrogen and oxygen atoms in total. The van der Waals surface area contributed by atoms with Crippen LogP contribution in [0.4, 0.5) is 14.6 Å². The zero-order chi connectivity index (χ0) is 22.8. The number of carbonyl (C=O) groups is 1. The summed E-state index contributed by atoms with van der Waals surface area (Å²) in [6, 6.07) is 9.64. The molecule has 1 amide bonds. The molecule has 0 fully saturated rings. The molecule has 32 heavy (non-hydrogen) atoms. The fourth-order valence-electron chi connectivity index (χ4n) is 3.04. The summed E-state index contributed by atoms with van der Waals surface area (Å²) in [4.78, 5) is 36.1. The van der Waals surface area contributed by atoms with Crippen LogP contribution in [0.3, 0.4) is 0 Å². The van der Waals surface area contributed by atoms with E-state index in [0.29, 0.717) is 11.4 Å². The Kier molecular flexibility index (Phi) is 5.46. The van der Waals surface area contributed by atoms with E-state index in [0.717, 1.165) is 16.8 Å². The van der Waals surface area contributed by atoms with Crippen molar-refractivity contribution in [2.45, 2.75) is 6.54 Å². The van der Waals surface area contributed by atoms with Gasteiger partial charge in [0.1, 0.15) is 28.7 Å². The number of aromatic nitrogens is 5. The summed E-state index contributed by atoms with van der Waals surface area (Å²) in [7, 11) is 1.47. The normalized spacial score (nSPS) is 10.8. The van der Waals surface area contributed by atoms with Crippen LogP contribution in [0.2, 0.25) is 0 Å². The van der Waals surface area contributed by atoms with E-state index in [2.05, 4.69) is 25.4 Å². The van der Waals surface area contributed by atoms with Crippen LogP contribution in [0.25, 0.3) is 22.8 Å². The Morgan fingerprint density at radius 3 is 2.50 bits per heavy atom. The number of nitrogen functional groups attached to an aromatic ring is 1. The molecule has 0 unspecified atom stereocenters. The summed E-state index contributed by atoms with van der Waals surface area (Å²) in [5.74, 6) is -2.54. The number of halogens is 2. The van der Waals surface area contributed by atoms with Crippen molar-refractivity contribution in [1.82, 2.24) is 30.0 Å². The number of hydrogen-bond acceptors (Lipinski definition) is 6. The van der Waals surface area contributed by atoms with Crippen LogP contribution in [0.15, 0.2) is 53.5 Å². The van der Waals surface area contributed by atoms with Crippen LogP contribution in [0.1, 0.15) is 16.1 Å². The van der Waals surface area contributed by atoms with Crippen molar-refractivity contribution >= 4 is 11.7 Å². The molecule has 0 saturated carbocycles. The number of nitrogens with two attached hydrogens (primary N) is 1. The molecule has 1 aromatic carbocycles. The van der Waals surface area contributed by atoms with Crippen LogP contribution in [0.5, 0.6) is 0 Å². The smallest absolute Gasteiger partial charge is 0.274 e. The van der Waals surface area contributed by atoms with E-state index >= 15 is 0 Å². The first-order valence-electron chi connectivity index (χ1n) is 9.42. The second-order valence-electron chi connectivity index (χ2n) is 6.80. The van der Waals surface area contributed by atoms with Crippen molar-refractivity contribution in [2.75, 3.05) is 5.73 Å². The molecule has 0 aliphatic heterocycles. The van der Waals surface area contributed by atoms with Gasteiger partial charge >= 0.3 is 0 Å². The van der Waals surface area contributed by atoms with Gasteiger partial charge in [-0.1, -0.05) is 6.07 Å². The Balaban J connectivity index is 1.75. The third-order valence-corrected chi connectivity index (χ3v) is 4.68. The largest absolute Gasteiger partial charge is 0.382 e. The number of hydrogen-bond donors (Lipinski definition) is 3. The fourth-order valence-corrected chi connectivity index (χ4v) is 3.04. The van der Waals surface area contributed by atoms with E-state index in [1.165, 1.54) is 25.2 Å². The van der Waals surface area contributed by atoms with E-state index in [4.69, 9.17) is 5.73 Å². The van der Waals surface area contributed by atoms with E-state index in [9.17, 15) is 18.4 Å². The molecule has 0 bridgehead atoms. The minimum Gasteiger partial charge on any atom is -0.382 e. The monoisotopic (exact) mass is 437 g/mol. The zero-order valence-electron chi connectivity index (χ0n) is 16.8. The number of benzene rings is 1. The van der Waals surface area contributed by atoms with E-state index < -0.39 is 24.1 Å². The van der Waals surface area contributed by atoms with Crippen LogP contribution in [-0.2, 0) is 13.6 Å². The summed E-state index contributed by atoms with van der Waals surface area (Å²) < 4.78 is 28.8. The predicted molar refractivity (Wildman–Crippen MR) is 112 cm³/mol. The molecule has 0 aliphatic carbocycles. The van der Waals surface area contributed by atoms with Gasteiger partial charge in [0.15, 0.2) is 11.5 Å². The van der Waals surface area contributed by atoms with Crippen LogP contribution >= 0.6 is 0 Å². The number of amides is 1. The molecule has 0 spiro atoms. The third-order valence-electron chi connectivity index (χ3n) is 4.68. The fraction of sp³-hybridized carbons (Fsp3) is 0.0952. The number of H-pyrrole nitrogens is 1. The standard InChI is InChI=1S/C21H17F2N7O2/c1-30-16(31)8-7-15(29-30)18-17(14-6-3-9-25-14)28-20(24)19(27-18)21(32)26-10-11-12(22)4-2-5-13(11)23/h2-9,25H,10H2,1H3,(H2,24,28)(H,26,32). The SMILES string of the molecule is Cn1nc(-c2nc(C(=O)NCc3c(F)cccc3F)c(N)nc2-c2ccc[nH]2)ccc1=O. The Morgan fingerprint density at radius 1 is 1.09 bits per heavy atom. The molecule has 0 atom stereocenters. The first kappa shape index (κ1) is 20.8. The Labute approximate surface area is 180 Å². The molecule has 0 radical (unpaired) electrons. The van der Waals surface area contributed by atoms with E-state index in [-0.39, 0.29) is 34.0 Å². The van der Waals surface area contributed by atoms with E-state index in [1.807, 2.05) is 0 Å². The van der Waals surface area contributed by atoms with Gasteiger partial charge in [-0.2, -0.15) is 5.10 Å². The third kappa shape index (κ3) is 3.95. The number of anilines is 1. The first-order chi connectivity index (χ1) is 15.3. The van der Waals surface area contributed by atoms with Gasteiger partial charge < -0.3 is 16.0 Å². The minimum absolute atomic E-state index is 0.185. The Hall–Kier alpha value is -4.41. The van der Waals surface area contributed by atoms with Gasteiger partial charge in [0.2, 0.25) is 0 Å². The highest BCUT2D eigenvalue weighted by atomic mass is 19.1. The summed E-state index contributed by atoms with van der Waals surface area (Å²) in [6.07, 6.45) is 1.68. The average molecular weight is 437 g/mol. The topological polar surface area (TPSA) is 132 Å². The summed E-state index contributed by atoms with van der Waals surface area (Å²) in [6.45, 7) is -0.412. The number of rotatable bonds is 5. The highest BCUT2D eigenvalue weighted by molar-refractivity contribution is 5.97. The quantitative estimate of drug-likeness (QED) is 0.438. The second-order valence-corrected chi connectivity index (χ2v) is 6.80. The molecular formula is C21H17F2N7O2. The number of aryl methyl sites for hydroxylation is 1. The lowest BCUT2D eigenvalue weighted by molar-refractivity contribution is 0.0946. The average Bonchev–Trinajstić information content (AvgIpc) is 3.30. The van der Waals surface area contributed by atoms with Crippen molar-refractivity contribution in [1.29, 1.82) is 0 Å². The van der Waals surface area contributed by atoms with Gasteiger partial charge in [-0.3, -0.25) is 9.59 Å².